The molecule has 0 saturated heterocycles. The van der Waals surface area contributed by atoms with E-state index in [-0.39, 0.29) is 5.91 Å². The van der Waals surface area contributed by atoms with Crippen LogP contribution in [-0.4, -0.2) is 19.1 Å². The molecule has 1 amide bonds. The second-order valence-corrected chi connectivity index (χ2v) is 5.93. The van der Waals surface area contributed by atoms with E-state index >= 15 is 0 Å². The first-order valence-corrected chi connectivity index (χ1v) is 8.38. The molecule has 0 saturated carbocycles. The van der Waals surface area contributed by atoms with Crippen molar-refractivity contribution in [1.82, 2.24) is 0 Å². The van der Waals surface area contributed by atoms with Crippen LogP contribution in [0.1, 0.15) is 24.2 Å². The lowest BCUT2D eigenvalue weighted by Gasteiger charge is -2.14. The molecule has 0 aliphatic rings. The Morgan fingerprint density at radius 3 is 2.57 bits per heavy atom. The van der Waals surface area contributed by atoms with Gasteiger partial charge in [-0.25, -0.2) is 0 Å². The fourth-order valence-electron chi connectivity index (χ4n) is 2.01. The number of carbonyl (C=O) groups excluding carboxylic acids is 1. The molecule has 6 heteroatoms. The number of anilines is 1. The lowest BCUT2D eigenvalue weighted by atomic mass is 10.2. The lowest BCUT2D eigenvalue weighted by molar-refractivity contribution is 0.102. The van der Waals surface area contributed by atoms with Gasteiger partial charge in [0.05, 0.1) is 29.5 Å². The van der Waals surface area contributed by atoms with Crippen molar-refractivity contribution in [2.75, 3.05) is 18.5 Å². The molecule has 2 aromatic rings. The van der Waals surface area contributed by atoms with E-state index in [0.717, 1.165) is 4.47 Å². The maximum absolute atomic E-state index is 12.5. The zero-order valence-corrected chi connectivity index (χ0v) is 15.2. The largest absolute Gasteiger partial charge is 0.494 e. The molecule has 0 fully saturated rings. The van der Waals surface area contributed by atoms with E-state index in [0.29, 0.717) is 41.0 Å². The summed E-state index contributed by atoms with van der Waals surface area (Å²) in [5, 5.41) is 3.21. The topological polar surface area (TPSA) is 47.6 Å². The van der Waals surface area contributed by atoms with E-state index in [4.69, 9.17) is 21.1 Å². The Labute approximate surface area is 148 Å². The molecule has 23 heavy (non-hydrogen) atoms. The molecule has 1 N–H and O–H groups in total. The Hall–Kier alpha value is -1.72. The zero-order valence-electron chi connectivity index (χ0n) is 12.9. The average Bonchev–Trinajstić information content (AvgIpc) is 2.52. The molecule has 2 rings (SSSR count). The van der Waals surface area contributed by atoms with Crippen LogP contribution in [0.3, 0.4) is 0 Å². The van der Waals surface area contributed by atoms with Crippen LogP contribution >= 0.6 is 27.5 Å². The molecule has 4 nitrogen and oxygen atoms in total. The van der Waals surface area contributed by atoms with Crippen LogP contribution in [0.2, 0.25) is 5.02 Å². The van der Waals surface area contributed by atoms with Crippen LogP contribution in [0, 0.1) is 0 Å². The number of nitrogens with one attached hydrogen (secondary N) is 1. The smallest absolute Gasteiger partial charge is 0.257 e. The first-order valence-electron chi connectivity index (χ1n) is 7.21. The van der Waals surface area contributed by atoms with E-state index in [1.165, 1.54) is 0 Å². The minimum atomic E-state index is -0.314. The predicted molar refractivity (Wildman–Crippen MR) is 95.9 cm³/mol. The van der Waals surface area contributed by atoms with E-state index < -0.39 is 0 Å². The number of benzene rings is 2. The average molecular weight is 399 g/mol. The van der Waals surface area contributed by atoms with Crippen molar-refractivity contribution in [3.05, 3.63) is 51.5 Å². The summed E-state index contributed by atoms with van der Waals surface area (Å²) in [6, 6.07) is 10.4. The molecule has 0 heterocycles. The predicted octanol–water partition coefficient (Wildman–Crippen LogP) is 5.15. The maximum Gasteiger partial charge on any atom is 0.257 e. The van der Waals surface area contributed by atoms with Crippen molar-refractivity contribution in [1.29, 1.82) is 0 Å². The number of ether oxygens (including phenoxy) is 2. The molecule has 0 aromatic heterocycles. The van der Waals surface area contributed by atoms with Gasteiger partial charge in [0.1, 0.15) is 11.5 Å². The Balaban J connectivity index is 2.31. The molecule has 0 atom stereocenters. The van der Waals surface area contributed by atoms with Gasteiger partial charge in [0.15, 0.2) is 0 Å². The Morgan fingerprint density at radius 2 is 1.87 bits per heavy atom. The highest BCUT2D eigenvalue weighted by Crippen LogP contribution is 2.31. The third-order valence-electron chi connectivity index (χ3n) is 2.98. The number of rotatable bonds is 6. The molecule has 0 aliphatic heterocycles. The van der Waals surface area contributed by atoms with Crippen LogP contribution in [-0.2, 0) is 0 Å². The monoisotopic (exact) mass is 397 g/mol. The van der Waals surface area contributed by atoms with Gasteiger partial charge in [-0.1, -0.05) is 27.5 Å². The van der Waals surface area contributed by atoms with E-state index in [1.54, 1.807) is 36.4 Å². The maximum atomic E-state index is 12.5. The highest BCUT2D eigenvalue weighted by atomic mass is 79.9. The normalized spacial score (nSPS) is 10.3. The molecule has 0 radical (unpaired) electrons. The number of amides is 1. The van der Waals surface area contributed by atoms with Crippen LogP contribution in [0.15, 0.2) is 40.9 Å². The minimum Gasteiger partial charge on any atom is -0.494 e. The number of hydrogen-bond acceptors (Lipinski definition) is 3. The number of carbonyl (C=O) groups is 1. The highest BCUT2D eigenvalue weighted by Gasteiger charge is 2.14. The van der Waals surface area contributed by atoms with Gasteiger partial charge in [-0.15, -0.1) is 0 Å². The molecular weight excluding hydrogens is 382 g/mol. The molecule has 2 aromatic carbocycles. The van der Waals surface area contributed by atoms with Crippen LogP contribution < -0.4 is 14.8 Å². The van der Waals surface area contributed by atoms with Crippen molar-refractivity contribution < 1.29 is 14.3 Å². The Kier molecular flexibility index (Phi) is 6.30. The van der Waals surface area contributed by atoms with Gasteiger partial charge in [-0.2, -0.15) is 0 Å². The second-order valence-electron chi connectivity index (χ2n) is 4.60. The van der Waals surface area contributed by atoms with Gasteiger partial charge >= 0.3 is 0 Å². The van der Waals surface area contributed by atoms with Crippen LogP contribution in [0.4, 0.5) is 5.69 Å². The molecular formula is C17H17BrClNO3. The first-order chi connectivity index (χ1) is 11.0. The zero-order chi connectivity index (χ0) is 16.8. The third-order valence-corrected chi connectivity index (χ3v) is 3.81. The van der Waals surface area contributed by atoms with Crippen LogP contribution in [0.25, 0.3) is 0 Å². The Morgan fingerprint density at radius 1 is 1.13 bits per heavy atom. The second kappa shape index (κ2) is 8.22. The quantitative estimate of drug-likeness (QED) is 0.732. The number of hydrogen-bond donors (Lipinski definition) is 1. The molecule has 0 unspecified atom stereocenters. The summed E-state index contributed by atoms with van der Waals surface area (Å²) >= 11 is 9.44. The Bertz CT molecular complexity index is 706. The summed E-state index contributed by atoms with van der Waals surface area (Å²) < 4.78 is 11.8. The van der Waals surface area contributed by atoms with E-state index in [1.807, 2.05) is 13.8 Å². The van der Waals surface area contributed by atoms with Gasteiger partial charge in [-0.05, 0) is 44.2 Å². The van der Waals surface area contributed by atoms with Gasteiger partial charge < -0.3 is 14.8 Å². The van der Waals surface area contributed by atoms with Gasteiger partial charge in [0.2, 0.25) is 0 Å². The van der Waals surface area contributed by atoms with Gasteiger partial charge in [-0.3, -0.25) is 4.79 Å². The van der Waals surface area contributed by atoms with Crippen molar-refractivity contribution in [2.45, 2.75) is 13.8 Å². The summed E-state index contributed by atoms with van der Waals surface area (Å²) in [5.41, 5.74) is 0.921. The molecule has 0 aliphatic carbocycles. The van der Waals surface area contributed by atoms with Crippen molar-refractivity contribution in [3.8, 4) is 11.5 Å². The van der Waals surface area contributed by atoms with Crippen molar-refractivity contribution in [2.24, 2.45) is 0 Å². The minimum absolute atomic E-state index is 0.314. The lowest BCUT2D eigenvalue weighted by Crippen LogP contribution is -2.13. The number of halogens is 2. The summed E-state index contributed by atoms with van der Waals surface area (Å²) in [7, 11) is 0. The van der Waals surface area contributed by atoms with Gasteiger partial charge in [0.25, 0.3) is 5.91 Å². The third kappa shape index (κ3) is 4.62. The molecule has 122 valence electrons. The standard InChI is InChI=1S/C17H17BrClNO3/c1-3-22-12-6-8-16(23-4-2)15(10-12)20-17(21)13-9-11(18)5-7-14(13)19/h5-10H,3-4H2,1-2H3,(H,20,21). The summed E-state index contributed by atoms with van der Waals surface area (Å²) in [4.78, 5) is 12.5. The highest BCUT2D eigenvalue weighted by molar-refractivity contribution is 9.10. The summed E-state index contributed by atoms with van der Waals surface area (Å²) in [6.07, 6.45) is 0. The fourth-order valence-corrected chi connectivity index (χ4v) is 2.57. The van der Waals surface area contributed by atoms with Crippen LogP contribution in [0.5, 0.6) is 11.5 Å². The van der Waals surface area contributed by atoms with Crippen molar-refractivity contribution in [3.63, 3.8) is 0 Å². The van der Waals surface area contributed by atoms with E-state index in [9.17, 15) is 4.79 Å². The van der Waals surface area contributed by atoms with Crippen molar-refractivity contribution >= 4 is 39.1 Å². The summed E-state index contributed by atoms with van der Waals surface area (Å²) in [5.74, 6) is 0.924. The molecule has 0 bridgehead atoms. The SMILES string of the molecule is CCOc1ccc(OCC)c(NC(=O)c2cc(Br)ccc2Cl)c1. The van der Waals surface area contributed by atoms with Gasteiger partial charge in [0, 0.05) is 10.5 Å². The summed E-state index contributed by atoms with van der Waals surface area (Å²) in [6.45, 7) is 4.82. The molecule has 0 spiro atoms. The first kappa shape index (κ1) is 17.6. The fraction of sp³-hybridized carbons (Fsp3) is 0.235. The van der Waals surface area contributed by atoms with E-state index in [2.05, 4.69) is 21.2 Å².